The zero-order valence-electron chi connectivity index (χ0n) is 22.1. The van der Waals surface area contributed by atoms with Gasteiger partial charge in [0.1, 0.15) is 17.3 Å². The lowest BCUT2D eigenvalue weighted by Crippen LogP contribution is -2.55. The van der Waals surface area contributed by atoms with Crippen molar-refractivity contribution in [1.29, 1.82) is 0 Å². The average molecular weight is 481 g/mol. The molecule has 0 amide bonds. The van der Waals surface area contributed by atoms with Crippen LogP contribution < -0.4 is 0 Å². The Morgan fingerprint density at radius 3 is 2.51 bits per heavy atom. The molecule has 5 nitrogen and oxygen atoms in total. The van der Waals surface area contributed by atoms with E-state index in [9.17, 15) is 14.7 Å². The number of hydrogen-bond acceptors (Lipinski definition) is 5. The lowest BCUT2D eigenvalue weighted by molar-refractivity contribution is -0.178. The van der Waals surface area contributed by atoms with Gasteiger partial charge in [0, 0.05) is 24.0 Å². The van der Waals surface area contributed by atoms with Crippen molar-refractivity contribution in [3.8, 4) is 0 Å². The van der Waals surface area contributed by atoms with E-state index in [-0.39, 0.29) is 34.6 Å². The van der Waals surface area contributed by atoms with E-state index < -0.39 is 17.3 Å². The molecule has 190 valence electrons. The van der Waals surface area contributed by atoms with Gasteiger partial charge < -0.3 is 14.6 Å². The summed E-state index contributed by atoms with van der Waals surface area (Å²) in [6, 6.07) is 0. The minimum Gasteiger partial charge on any atom is -0.456 e. The summed E-state index contributed by atoms with van der Waals surface area (Å²) in [7, 11) is 0. The molecule has 2 heterocycles. The highest BCUT2D eigenvalue weighted by Crippen LogP contribution is 2.69. The number of allylic oxidation sites excluding steroid dienone is 4. The Morgan fingerprint density at radius 1 is 1.06 bits per heavy atom. The molecule has 0 radical (unpaired) electrons. The van der Waals surface area contributed by atoms with E-state index in [1.165, 1.54) is 16.7 Å². The van der Waals surface area contributed by atoms with Crippen LogP contribution in [0.25, 0.3) is 0 Å². The first kappa shape index (κ1) is 24.5. The topological polar surface area (TPSA) is 72.8 Å². The monoisotopic (exact) mass is 480 g/mol. The molecular weight excluding hydrogens is 440 g/mol. The highest BCUT2D eigenvalue weighted by molar-refractivity contribution is 5.88. The zero-order chi connectivity index (χ0) is 25.4. The van der Waals surface area contributed by atoms with Gasteiger partial charge >= 0.3 is 11.9 Å². The van der Waals surface area contributed by atoms with Gasteiger partial charge in [-0.15, -0.1) is 0 Å². The Hall–Kier alpha value is -2.14. The molecule has 0 spiro atoms. The second-order valence-corrected chi connectivity index (χ2v) is 12.7. The van der Waals surface area contributed by atoms with Crippen molar-refractivity contribution >= 4 is 11.9 Å². The Bertz CT molecular complexity index is 1090. The van der Waals surface area contributed by atoms with E-state index in [0.717, 1.165) is 38.5 Å². The Balaban J connectivity index is 1.50. The van der Waals surface area contributed by atoms with E-state index in [4.69, 9.17) is 9.47 Å². The fourth-order valence-electron chi connectivity index (χ4n) is 8.22. The molecule has 0 aromatic heterocycles. The third kappa shape index (κ3) is 3.60. The molecule has 6 atom stereocenters. The van der Waals surface area contributed by atoms with Gasteiger partial charge in [-0.05, 0) is 94.1 Å². The number of aliphatic hydroxyl groups is 1. The number of hydrogen-bond donors (Lipinski definition) is 1. The van der Waals surface area contributed by atoms with E-state index in [0.29, 0.717) is 12.0 Å². The molecule has 0 aromatic carbocycles. The fourth-order valence-corrected chi connectivity index (χ4v) is 8.22. The lowest BCUT2D eigenvalue weighted by Gasteiger charge is -2.54. The smallest absolute Gasteiger partial charge is 0.333 e. The van der Waals surface area contributed by atoms with E-state index in [2.05, 4.69) is 19.9 Å². The molecule has 1 N–H and O–H groups in total. The van der Waals surface area contributed by atoms with Crippen molar-refractivity contribution in [2.75, 3.05) is 0 Å². The van der Waals surface area contributed by atoms with Crippen LogP contribution in [-0.4, -0.2) is 34.4 Å². The highest BCUT2D eigenvalue weighted by Gasteiger charge is 2.63. The number of carbonyl (C=O) groups excluding carboxylic acids is 2. The average Bonchev–Trinajstić information content (AvgIpc) is 2.88. The van der Waals surface area contributed by atoms with Crippen molar-refractivity contribution in [2.24, 2.45) is 22.7 Å². The predicted molar refractivity (Wildman–Crippen MR) is 134 cm³/mol. The molecule has 0 saturated heterocycles. The molecule has 5 heteroatoms. The van der Waals surface area contributed by atoms with Crippen molar-refractivity contribution in [3.05, 3.63) is 46.6 Å². The molecule has 0 bridgehead atoms. The summed E-state index contributed by atoms with van der Waals surface area (Å²) in [6.07, 6.45) is 13.6. The maximum Gasteiger partial charge on any atom is 0.333 e. The first-order chi connectivity index (χ1) is 16.3. The predicted octanol–water partition coefficient (Wildman–Crippen LogP) is 5.74. The van der Waals surface area contributed by atoms with Crippen LogP contribution in [0.5, 0.6) is 0 Å². The van der Waals surface area contributed by atoms with Crippen LogP contribution >= 0.6 is 0 Å². The van der Waals surface area contributed by atoms with Gasteiger partial charge in [-0.1, -0.05) is 37.6 Å². The van der Waals surface area contributed by atoms with Gasteiger partial charge in [-0.3, -0.25) is 0 Å². The van der Waals surface area contributed by atoms with Gasteiger partial charge in [-0.2, -0.15) is 0 Å². The Labute approximate surface area is 209 Å². The Morgan fingerprint density at radius 2 is 1.80 bits per heavy atom. The van der Waals surface area contributed by atoms with E-state index >= 15 is 0 Å². The van der Waals surface area contributed by atoms with Crippen LogP contribution in [0.3, 0.4) is 0 Å². The van der Waals surface area contributed by atoms with Gasteiger partial charge in [0.05, 0.1) is 0 Å². The summed E-state index contributed by atoms with van der Waals surface area (Å²) < 4.78 is 11.5. The summed E-state index contributed by atoms with van der Waals surface area (Å²) in [6.45, 7) is 12.5. The summed E-state index contributed by atoms with van der Waals surface area (Å²) in [4.78, 5) is 24.4. The maximum absolute atomic E-state index is 12.3. The van der Waals surface area contributed by atoms with Gasteiger partial charge in [0.25, 0.3) is 0 Å². The third-order valence-electron chi connectivity index (χ3n) is 10.5. The number of carbonyl (C=O) groups is 2. The first-order valence-corrected chi connectivity index (χ1v) is 13.2. The van der Waals surface area contributed by atoms with Crippen LogP contribution in [0.15, 0.2) is 46.6 Å². The quantitative estimate of drug-likeness (QED) is 0.510. The SMILES string of the molecule is CC1=CC[C@@H]([C@](C)(O)[C@H]2CC[C@@]3(C)C4=C(C=C5C=CC(=O)OC(C)(C)[C@@H]5CC4)CC[C@]23C)OC1=O. The van der Waals surface area contributed by atoms with Crippen molar-refractivity contribution < 1.29 is 24.2 Å². The van der Waals surface area contributed by atoms with Gasteiger partial charge in [0.2, 0.25) is 0 Å². The maximum atomic E-state index is 12.3. The zero-order valence-corrected chi connectivity index (χ0v) is 22.1. The van der Waals surface area contributed by atoms with Crippen LogP contribution in [0.2, 0.25) is 0 Å². The highest BCUT2D eigenvalue weighted by atomic mass is 16.6. The van der Waals surface area contributed by atoms with Crippen LogP contribution in [0, 0.1) is 22.7 Å². The van der Waals surface area contributed by atoms with Crippen LogP contribution in [0.4, 0.5) is 0 Å². The lowest BCUT2D eigenvalue weighted by atomic mass is 9.52. The largest absolute Gasteiger partial charge is 0.456 e. The van der Waals surface area contributed by atoms with E-state index in [1.54, 1.807) is 13.0 Å². The normalized spacial score (nSPS) is 40.1. The van der Waals surface area contributed by atoms with Gasteiger partial charge in [-0.25, -0.2) is 9.59 Å². The summed E-state index contributed by atoms with van der Waals surface area (Å²) >= 11 is 0. The van der Waals surface area contributed by atoms with E-state index in [1.807, 2.05) is 32.9 Å². The first-order valence-electron chi connectivity index (χ1n) is 13.2. The number of cyclic esters (lactones) is 2. The number of rotatable bonds is 2. The molecule has 1 saturated carbocycles. The molecule has 2 aliphatic heterocycles. The minimum absolute atomic E-state index is 0.0369. The second-order valence-electron chi connectivity index (χ2n) is 12.7. The standard InChI is InChI=1S/C30H40O5/c1-18-7-11-24(34-26(18)32)30(6,33)23-14-16-28(4)22-10-9-21-19(8-12-25(31)35-27(21,2)3)17-20(22)13-15-29(23,28)5/h7-8,12,17,21,23-24,33H,9-11,13-16H2,1-6H3/t21-,23+,24+,28+,29-,30-/m1/s1. The number of esters is 2. The summed E-state index contributed by atoms with van der Waals surface area (Å²) in [5.41, 5.74) is 2.95. The summed E-state index contributed by atoms with van der Waals surface area (Å²) in [5.74, 6) is -0.387. The van der Waals surface area contributed by atoms with Crippen molar-refractivity contribution in [3.63, 3.8) is 0 Å². The molecule has 0 unspecified atom stereocenters. The van der Waals surface area contributed by atoms with Crippen molar-refractivity contribution in [1.82, 2.24) is 0 Å². The van der Waals surface area contributed by atoms with Crippen molar-refractivity contribution in [2.45, 2.75) is 104 Å². The van der Waals surface area contributed by atoms with Gasteiger partial charge in [0.15, 0.2) is 0 Å². The number of fused-ring (bicyclic) bond motifs is 3. The van der Waals surface area contributed by atoms with Crippen LogP contribution in [-0.2, 0) is 19.1 Å². The molecular formula is C30H40O5. The second kappa shape index (κ2) is 7.93. The molecule has 0 aromatic rings. The minimum atomic E-state index is -1.09. The summed E-state index contributed by atoms with van der Waals surface area (Å²) in [5, 5.41) is 11.9. The Kier molecular flexibility index (Phi) is 5.56. The molecule has 5 aliphatic rings. The fraction of sp³-hybridized carbons (Fsp3) is 0.667. The molecule has 1 fully saturated rings. The van der Waals surface area contributed by atoms with Crippen LogP contribution in [0.1, 0.15) is 86.5 Å². The third-order valence-corrected chi connectivity index (χ3v) is 10.5. The molecule has 35 heavy (non-hydrogen) atoms. The molecule has 5 rings (SSSR count). The number of ether oxygens (including phenoxy) is 2. The molecule has 3 aliphatic carbocycles.